The van der Waals surface area contributed by atoms with Crippen LogP contribution in [0.3, 0.4) is 0 Å². The van der Waals surface area contributed by atoms with E-state index in [4.69, 9.17) is 14.2 Å². The fraction of sp³-hybridized carbons (Fsp3) is 0.400. The molecule has 2 rings (SSSR count). The zero-order valence-electron chi connectivity index (χ0n) is 7.83. The van der Waals surface area contributed by atoms with Crippen LogP contribution < -0.4 is 14.2 Å². The number of rotatable bonds is 2. The maximum Gasteiger partial charge on any atom is 0.203 e. The molecule has 1 atom stereocenters. The topological polar surface area (TPSA) is 27.7 Å². The van der Waals surface area contributed by atoms with Gasteiger partial charge in [0.05, 0.1) is 7.11 Å². The summed E-state index contributed by atoms with van der Waals surface area (Å²) in [5.74, 6) is 2.22. The minimum Gasteiger partial charge on any atom is -0.493 e. The van der Waals surface area contributed by atoms with Crippen molar-refractivity contribution in [2.45, 2.75) is 6.10 Å². The van der Waals surface area contributed by atoms with Crippen LogP contribution in [0, 0.1) is 0 Å². The van der Waals surface area contributed by atoms with Crippen LogP contribution in [-0.4, -0.2) is 24.2 Å². The van der Waals surface area contributed by atoms with Gasteiger partial charge in [0.25, 0.3) is 0 Å². The molecular formula is C10H11IO3. The van der Waals surface area contributed by atoms with E-state index in [0.29, 0.717) is 6.61 Å². The Morgan fingerprint density at radius 3 is 3.14 bits per heavy atom. The van der Waals surface area contributed by atoms with Crippen LogP contribution in [0.2, 0.25) is 0 Å². The maximum absolute atomic E-state index is 5.71. The Balaban J connectivity index is 2.30. The molecule has 3 nitrogen and oxygen atoms in total. The van der Waals surface area contributed by atoms with Gasteiger partial charge in [0, 0.05) is 4.43 Å². The second kappa shape index (κ2) is 4.25. The Kier molecular flexibility index (Phi) is 3.00. The monoisotopic (exact) mass is 306 g/mol. The summed E-state index contributed by atoms with van der Waals surface area (Å²) < 4.78 is 17.4. The molecule has 1 aromatic carbocycles. The minimum atomic E-state index is 0.148. The van der Waals surface area contributed by atoms with Gasteiger partial charge in [-0.05, 0) is 12.1 Å². The van der Waals surface area contributed by atoms with Crippen LogP contribution in [0.25, 0.3) is 0 Å². The smallest absolute Gasteiger partial charge is 0.203 e. The molecule has 1 aliphatic heterocycles. The Morgan fingerprint density at radius 2 is 2.43 bits per heavy atom. The Hall–Kier alpha value is -0.650. The van der Waals surface area contributed by atoms with Crippen molar-refractivity contribution in [2.24, 2.45) is 0 Å². The molecule has 1 heterocycles. The molecule has 0 spiro atoms. The van der Waals surface area contributed by atoms with Gasteiger partial charge in [-0.15, -0.1) is 0 Å². The molecule has 0 aromatic heterocycles. The minimum absolute atomic E-state index is 0.148. The first kappa shape index (κ1) is 9.89. The van der Waals surface area contributed by atoms with E-state index in [1.54, 1.807) is 7.11 Å². The van der Waals surface area contributed by atoms with E-state index in [2.05, 4.69) is 22.6 Å². The quantitative estimate of drug-likeness (QED) is 0.620. The number of hydrogen-bond acceptors (Lipinski definition) is 3. The largest absolute Gasteiger partial charge is 0.493 e. The third kappa shape index (κ3) is 1.75. The maximum atomic E-state index is 5.71. The third-order valence-electron chi connectivity index (χ3n) is 2.04. The predicted octanol–water partition coefficient (Wildman–Crippen LogP) is 2.27. The van der Waals surface area contributed by atoms with E-state index >= 15 is 0 Å². The highest BCUT2D eigenvalue weighted by molar-refractivity contribution is 14.1. The summed E-state index contributed by atoms with van der Waals surface area (Å²) in [6.07, 6.45) is 0.148. The van der Waals surface area contributed by atoms with E-state index in [-0.39, 0.29) is 6.10 Å². The number of hydrogen-bond donors (Lipinski definition) is 0. The first-order chi connectivity index (χ1) is 6.85. The molecular weight excluding hydrogens is 295 g/mol. The normalized spacial score (nSPS) is 19.1. The Morgan fingerprint density at radius 1 is 1.57 bits per heavy atom. The van der Waals surface area contributed by atoms with Gasteiger partial charge in [-0.2, -0.15) is 0 Å². The molecule has 0 saturated carbocycles. The van der Waals surface area contributed by atoms with Crippen molar-refractivity contribution >= 4 is 22.6 Å². The van der Waals surface area contributed by atoms with E-state index in [9.17, 15) is 0 Å². The van der Waals surface area contributed by atoms with Crippen molar-refractivity contribution in [1.29, 1.82) is 0 Å². The molecule has 4 heteroatoms. The molecule has 0 bridgehead atoms. The molecule has 0 aliphatic carbocycles. The van der Waals surface area contributed by atoms with Crippen molar-refractivity contribution in [3.8, 4) is 17.2 Å². The fourth-order valence-corrected chi connectivity index (χ4v) is 1.79. The number of para-hydroxylation sites is 1. The standard InChI is InChI=1S/C10H11IO3/c1-12-8-3-2-4-9-10(8)13-6-7(5-11)14-9/h2-4,7H,5-6H2,1H3/t7-/m0/s1. The SMILES string of the molecule is COc1cccc2c1OC[C@H](CI)O2. The molecule has 1 aromatic rings. The van der Waals surface area contributed by atoms with Gasteiger partial charge in [0.15, 0.2) is 11.5 Å². The number of alkyl halides is 1. The second-order valence-corrected chi connectivity index (χ2v) is 3.87. The van der Waals surface area contributed by atoms with Gasteiger partial charge in [-0.1, -0.05) is 28.7 Å². The Labute approximate surface area is 96.5 Å². The van der Waals surface area contributed by atoms with E-state index in [0.717, 1.165) is 21.7 Å². The number of halogens is 1. The van der Waals surface area contributed by atoms with Gasteiger partial charge >= 0.3 is 0 Å². The molecule has 0 N–H and O–H groups in total. The molecule has 0 unspecified atom stereocenters. The van der Waals surface area contributed by atoms with Crippen molar-refractivity contribution in [2.75, 3.05) is 18.1 Å². The molecule has 76 valence electrons. The predicted molar refractivity (Wildman–Crippen MR) is 61.8 cm³/mol. The van der Waals surface area contributed by atoms with Crippen molar-refractivity contribution in [3.63, 3.8) is 0 Å². The Bertz CT molecular complexity index is 327. The number of methoxy groups -OCH3 is 1. The van der Waals surface area contributed by atoms with Crippen molar-refractivity contribution in [1.82, 2.24) is 0 Å². The zero-order valence-corrected chi connectivity index (χ0v) is 9.98. The van der Waals surface area contributed by atoms with Crippen LogP contribution in [0.5, 0.6) is 17.2 Å². The highest BCUT2D eigenvalue weighted by atomic mass is 127. The molecule has 0 fully saturated rings. The van der Waals surface area contributed by atoms with E-state index in [1.165, 1.54) is 0 Å². The highest BCUT2D eigenvalue weighted by Crippen LogP contribution is 2.39. The average molecular weight is 306 g/mol. The molecule has 0 amide bonds. The number of benzene rings is 1. The van der Waals surface area contributed by atoms with Gasteiger partial charge in [0.1, 0.15) is 12.7 Å². The summed E-state index contributed by atoms with van der Waals surface area (Å²) in [5, 5.41) is 0. The van der Waals surface area contributed by atoms with Gasteiger partial charge in [-0.25, -0.2) is 0 Å². The van der Waals surface area contributed by atoms with Gasteiger partial charge in [0.2, 0.25) is 5.75 Å². The van der Waals surface area contributed by atoms with Gasteiger partial charge < -0.3 is 14.2 Å². The zero-order chi connectivity index (χ0) is 9.97. The summed E-state index contributed by atoms with van der Waals surface area (Å²) in [6.45, 7) is 0.594. The summed E-state index contributed by atoms with van der Waals surface area (Å²) in [5.41, 5.74) is 0. The van der Waals surface area contributed by atoms with Crippen LogP contribution in [0.1, 0.15) is 0 Å². The lowest BCUT2D eigenvalue weighted by Gasteiger charge is -2.26. The van der Waals surface area contributed by atoms with Crippen LogP contribution in [-0.2, 0) is 0 Å². The third-order valence-corrected chi connectivity index (χ3v) is 3.02. The molecule has 0 radical (unpaired) electrons. The number of fused-ring (bicyclic) bond motifs is 1. The summed E-state index contributed by atoms with van der Waals surface area (Å²) in [6, 6.07) is 5.67. The lowest BCUT2D eigenvalue weighted by molar-refractivity contribution is 0.105. The summed E-state index contributed by atoms with van der Waals surface area (Å²) in [7, 11) is 1.63. The van der Waals surface area contributed by atoms with Crippen LogP contribution in [0.15, 0.2) is 18.2 Å². The molecule has 14 heavy (non-hydrogen) atoms. The van der Waals surface area contributed by atoms with Gasteiger partial charge in [-0.3, -0.25) is 0 Å². The second-order valence-electron chi connectivity index (χ2n) is 2.99. The van der Waals surface area contributed by atoms with E-state index < -0.39 is 0 Å². The summed E-state index contributed by atoms with van der Waals surface area (Å²) in [4.78, 5) is 0. The van der Waals surface area contributed by atoms with Crippen molar-refractivity contribution < 1.29 is 14.2 Å². The van der Waals surface area contributed by atoms with Crippen LogP contribution in [0.4, 0.5) is 0 Å². The molecule has 1 aliphatic rings. The average Bonchev–Trinajstić information content (AvgIpc) is 2.27. The highest BCUT2D eigenvalue weighted by Gasteiger charge is 2.22. The summed E-state index contributed by atoms with van der Waals surface area (Å²) >= 11 is 2.29. The lowest BCUT2D eigenvalue weighted by Crippen LogP contribution is -2.30. The van der Waals surface area contributed by atoms with E-state index in [1.807, 2.05) is 18.2 Å². The lowest BCUT2D eigenvalue weighted by atomic mass is 10.2. The first-order valence-electron chi connectivity index (χ1n) is 4.37. The first-order valence-corrected chi connectivity index (χ1v) is 5.90. The molecule has 0 saturated heterocycles. The number of ether oxygens (including phenoxy) is 3. The van der Waals surface area contributed by atoms with Crippen molar-refractivity contribution in [3.05, 3.63) is 18.2 Å². The fourth-order valence-electron chi connectivity index (χ4n) is 1.36. The van der Waals surface area contributed by atoms with Crippen LogP contribution >= 0.6 is 22.6 Å².